The molecule has 0 radical (unpaired) electrons. The first-order valence-corrected chi connectivity index (χ1v) is 7.71. The highest BCUT2D eigenvalue weighted by Gasteiger charge is 2.19. The van der Waals surface area contributed by atoms with Crippen molar-refractivity contribution in [3.05, 3.63) is 33.8 Å². The van der Waals surface area contributed by atoms with Crippen LogP contribution in [0.25, 0.3) is 0 Å². The highest BCUT2D eigenvalue weighted by atomic mass is 32.1. The van der Waals surface area contributed by atoms with Gasteiger partial charge in [0.2, 0.25) is 6.79 Å². The van der Waals surface area contributed by atoms with Gasteiger partial charge in [-0.2, -0.15) is 0 Å². The average Bonchev–Trinajstić information content (AvgIpc) is 3.03. The molecule has 21 heavy (non-hydrogen) atoms. The molecule has 1 aliphatic heterocycles. The number of aryl methyl sites for hydroxylation is 1. The number of hydrogen-bond donors (Lipinski definition) is 1. The van der Waals surface area contributed by atoms with Gasteiger partial charge in [-0.1, -0.05) is 0 Å². The van der Waals surface area contributed by atoms with Crippen molar-refractivity contribution in [2.45, 2.75) is 32.9 Å². The Morgan fingerprint density at radius 2 is 2.14 bits per heavy atom. The predicted octanol–water partition coefficient (Wildman–Crippen LogP) is 2.65. The lowest BCUT2D eigenvalue weighted by Gasteiger charge is -2.13. The molecule has 0 fully saturated rings. The Hall–Kier alpha value is -1.79. The lowest BCUT2D eigenvalue weighted by atomic mass is 10.1. The van der Waals surface area contributed by atoms with Gasteiger partial charge in [0.25, 0.3) is 0 Å². The van der Waals surface area contributed by atoms with Crippen molar-refractivity contribution >= 4 is 11.3 Å². The van der Waals surface area contributed by atoms with E-state index in [1.165, 1.54) is 0 Å². The smallest absolute Gasteiger partial charge is 0.231 e. The monoisotopic (exact) mass is 306 g/mol. The number of thiazole rings is 1. The molecule has 5 nitrogen and oxygen atoms in total. The quantitative estimate of drug-likeness (QED) is 0.920. The number of aromatic nitrogens is 1. The maximum absolute atomic E-state index is 5.92. The van der Waals surface area contributed by atoms with Crippen molar-refractivity contribution in [1.29, 1.82) is 0 Å². The van der Waals surface area contributed by atoms with Crippen LogP contribution < -0.4 is 19.9 Å². The summed E-state index contributed by atoms with van der Waals surface area (Å²) in [5, 5.41) is 2.97. The van der Waals surface area contributed by atoms with Crippen LogP contribution in [0.3, 0.4) is 0 Å². The van der Waals surface area contributed by atoms with E-state index in [2.05, 4.69) is 4.98 Å². The Morgan fingerprint density at radius 3 is 2.81 bits per heavy atom. The molecule has 6 heteroatoms. The first kappa shape index (κ1) is 14.2. The van der Waals surface area contributed by atoms with Gasteiger partial charge < -0.3 is 19.9 Å². The zero-order valence-electron chi connectivity index (χ0n) is 12.1. The van der Waals surface area contributed by atoms with E-state index in [0.29, 0.717) is 12.4 Å². The van der Waals surface area contributed by atoms with E-state index in [1.54, 1.807) is 11.3 Å². The average molecular weight is 306 g/mol. The number of benzene rings is 1. The second-order valence-corrected chi connectivity index (χ2v) is 6.11. The number of ether oxygens (including phenoxy) is 3. The number of fused-ring (bicyclic) bond motifs is 1. The Labute approximate surface area is 127 Å². The van der Waals surface area contributed by atoms with Crippen LogP contribution in [-0.4, -0.2) is 17.8 Å². The lowest BCUT2D eigenvalue weighted by Crippen LogP contribution is -2.18. The third kappa shape index (κ3) is 3.28. The van der Waals surface area contributed by atoms with Gasteiger partial charge in [0.1, 0.15) is 17.4 Å². The minimum Gasteiger partial charge on any atom is -0.486 e. The van der Waals surface area contributed by atoms with Gasteiger partial charge in [-0.25, -0.2) is 4.98 Å². The Bertz CT molecular complexity index is 640. The van der Waals surface area contributed by atoms with Gasteiger partial charge in [-0.05, 0) is 31.9 Å². The van der Waals surface area contributed by atoms with E-state index >= 15 is 0 Å². The van der Waals surface area contributed by atoms with Gasteiger partial charge in [0, 0.05) is 23.2 Å². The number of hydrogen-bond acceptors (Lipinski definition) is 6. The molecule has 112 valence electrons. The summed E-state index contributed by atoms with van der Waals surface area (Å²) in [5.74, 6) is 2.25. The van der Waals surface area contributed by atoms with Crippen LogP contribution in [-0.2, 0) is 13.0 Å². The predicted molar refractivity (Wildman–Crippen MR) is 81.1 cm³/mol. The number of rotatable bonds is 5. The van der Waals surface area contributed by atoms with Gasteiger partial charge >= 0.3 is 0 Å². The molecule has 2 N–H and O–H groups in total. The molecule has 0 amide bonds. The highest BCUT2D eigenvalue weighted by Crippen LogP contribution is 2.38. The van der Waals surface area contributed by atoms with E-state index in [1.807, 2.05) is 31.4 Å². The van der Waals surface area contributed by atoms with Gasteiger partial charge in [0.05, 0.1) is 0 Å². The van der Waals surface area contributed by atoms with Crippen molar-refractivity contribution in [1.82, 2.24) is 4.98 Å². The molecular weight excluding hydrogens is 288 g/mol. The van der Waals surface area contributed by atoms with Gasteiger partial charge in [-0.3, -0.25) is 0 Å². The molecule has 0 bridgehead atoms. The maximum Gasteiger partial charge on any atom is 0.231 e. The van der Waals surface area contributed by atoms with Crippen LogP contribution in [0.5, 0.6) is 17.2 Å². The summed E-state index contributed by atoms with van der Waals surface area (Å²) in [6.07, 6.45) is 0.725. The van der Waals surface area contributed by atoms with E-state index in [-0.39, 0.29) is 12.8 Å². The fraction of sp³-hybridized carbons (Fsp3) is 0.400. The summed E-state index contributed by atoms with van der Waals surface area (Å²) in [6, 6.07) is 3.88. The molecule has 1 aliphatic rings. The summed E-state index contributed by atoms with van der Waals surface area (Å²) < 4.78 is 16.7. The lowest BCUT2D eigenvalue weighted by molar-refractivity contribution is 0.173. The molecule has 1 aromatic heterocycles. The summed E-state index contributed by atoms with van der Waals surface area (Å²) in [4.78, 5) is 4.40. The molecule has 1 unspecified atom stereocenters. The Morgan fingerprint density at radius 1 is 1.38 bits per heavy atom. The molecule has 0 aliphatic carbocycles. The summed E-state index contributed by atoms with van der Waals surface area (Å²) in [5.41, 5.74) is 7.96. The van der Waals surface area contributed by atoms with E-state index in [4.69, 9.17) is 19.9 Å². The third-order valence-corrected chi connectivity index (χ3v) is 4.06. The van der Waals surface area contributed by atoms with Gasteiger partial charge in [0.15, 0.2) is 11.5 Å². The van der Waals surface area contributed by atoms with Crippen LogP contribution in [0.1, 0.15) is 23.2 Å². The number of nitrogens with zero attached hydrogens (tertiary/aromatic N) is 1. The fourth-order valence-electron chi connectivity index (χ4n) is 2.21. The molecule has 0 spiro atoms. The topological polar surface area (TPSA) is 66.6 Å². The normalized spacial score (nSPS) is 14.2. The summed E-state index contributed by atoms with van der Waals surface area (Å²) >= 11 is 1.60. The van der Waals surface area contributed by atoms with E-state index in [9.17, 15) is 0 Å². The molecule has 3 rings (SSSR count). The largest absolute Gasteiger partial charge is 0.486 e. The molecule has 2 heterocycles. The van der Waals surface area contributed by atoms with Crippen LogP contribution >= 0.6 is 11.3 Å². The van der Waals surface area contributed by atoms with Crippen LogP contribution in [0.2, 0.25) is 0 Å². The zero-order valence-corrected chi connectivity index (χ0v) is 12.9. The standard InChI is InChI=1S/C15H18N2O3S/c1-9(16)3-11-4-13-14(20-8-19-13)5-12(11)18-6-15-17-10(2)7-21-15/h4-5,7,9H,3,6,8,16H2,1-2H3. The van der Waals surface area contributed by atoms with E-state index in [0.717, 1.165) is 34.2 Å². The first-order valence-electron chi connectivity index (χ1n) is 6.83. The first-order chi connectivity index (χ1) is 10.1. The van der Waals surface area contributed by atoms with Crippen LogP contribution in [0, 0.1) is 6.92 Å². The fourth-order valence-corrected chi connectivity index (χ4v) is 2.90. The molecule has 2 aromatic rings. The van der Waals surface area contributed by atoms with Crippen LogP contribution in [0.4, 0.5) is 0 Å². The van der Waals surface area contributed by atoms with Gasteiger partial charge in [-0.15, -0.1) is 11.3 Å². The second kappa shape index (κ2) is 5.91. The van der Waals surface area contributed by atoms with Crippen molar-refractivity contribution in [2.75, 3.05) is 6.79 Å². The molecule has 0 saturated heterocycles. The number of nitrogens with two attached hydrogens (primary N) is 1. The van der Waals surface area contributed by atoms with Crippen molar-refractivity contribution < 1.29 is 14.2 Å². The minimum atomic E-state index is 0.0508. The third-order valence-electron chi connectivity index (χ3n) is 3.12. The van der Waals surface area contributed by atoms with Crippen LogP contribution in [0.15, 0.2) is 17.5 Å². The molecule has 0 saturated carbocycles. The van der Waals surface area contributed by atoms with Crippen molar-refractivity contribution in [3.63, 3.8) is 0 Å². The minimum absolute atomic E-state index is 0.0508. The highest BCUT2D eigenvalue weighted by molar-refractivity contribution is 7.09. The van der Waals surface area contributed by atoms with E-state index < -0.39 is 0 Å². The Kier molecular flexibility index (Phi) is 3.98. The molecule has 1 aromatic carbocycles. The van der Waals surface area contributed by atoms with Crippen molar-refractivity contribution in [2.24, 2.45) is 5.73 Å². The Balaban J connectivity index is 1.81. The molecule has 1 atom stereocenters. The van der Waals surface area contributed by atoms with Crippen molar-refractivity contribution in [3.8, 4) is 17.2 Å². The zero-order chi connectivity index (χ0) is 14.8. The maximum atomic E-state index is 5.92. The molecular formula is C15H18N2O3S. The second-order valence-electron chi connectivity index (χ2n) is 5.17. The summed E-state index contributed by atoms with van der Waals surface area (Å²) in [6.45, 7) is 4.65. The SMILES string of the molecule is Cc1csc(COc2cc3c(cc2CC(C)N)OCO3)n1. The summed E-state index contributed by atoms with van der Waals surface area (Å²) in [7, 11) is 0.